The lowest BCUT2D eigenvalue weighted by Gasteiger charge is -2.45. The predicted octanol–water partition coefficient (Wildman–Crippen LogP) is -0.379. The number of piperidine rings is 2. The number of hydrogen-bond donors (Lipinski definition) is 6. The van der Waals surface area contributed by atoms with Gasteiger partial charge in [0, 0.05) is 63.2 Å². The molecule has 0 spiro atoms. The van der Waals surface area contributed by atoms with Crippen LogP contribution < -0.4 is 31.9 Å². The second kappa shape index (κ2) is 13.2. The maximum atomic E-state index is 13.6. The van der Waals surface area contributed by atoms with Crippen LogP contribution in [0.2, 0.25) is 0 Å². The van der Waals surface area contributed by atoms with Crippen LogP contribution in [0.1, 0.15) is 26.7 Å². The van der Waals surface area contributed by atoms with Gasteiger partial charge in [0.25, 0.3) is 0 Å². The quantitative estimate of drug-likeness (QED) is 0.168. The lowest BCUT2D eigenvalue weighted by Crippen LogP contribution is -2.65. The fourth-order valence-corrected chi connectivity index (χ4v) is 8.68. The van der Waals surface area contributed by atoms with Crippen molar-refractivity contribution in [1.82, 2.24) is 36.8 Å². The summed E-state index contributed by atoms with van der Waals surface area (Å²) in [4.78, 5) is 28.5. The van der Waals surface area contributed by atoms with Crippen LogP contribution in [-0.4, -0.2) is 116 Å². The summed E-state index contributed by atoms with van der Waals surface area (Å²) >= 11 is 8.10. The van der Waals surface area contributed by atoms with Gasteiger partial charge in [-0.1, -0.05) is 0 Å². The average Bonchev–Trinajstić information content (AvgIpc) is 3.48. The zero-order valence-corrected chi connectivity index (χ0v) is 24.7. The van der Waals surface area contributed by atoms with Crippen molar-refractivity contribution in [2.45, 2.75) is 86.0 Å². The van der Waals surface area contributed by atoms with Gasteiger partial charge in [-0.3, -0.25) is 30.9 Å². The second-order valence-corrected chi connectivity index (χ2v) is 13.6. The standard InChI is InChI=1S/C25H42ClF2N7O4S/c1-11-4-13(14-5-20(26)30-8-18(14)38-3)15(6-29-11)21(36)34-25-33-17-9-35(10-19(17)40-25)23(37)16-7-31-22(12(2)32-16)39-24(27)28/h11-20,22,24-25,29-33H,4-10H2,1-3H3,(H,34,36). The first-order valence-corrected chi connectivity index (χ1v) is 15.6. The molecule has 5 aliphatic heterocycles. The van der Waals surface area contributed by atoms with Crippen molar-refractivity contribution in [1.29, 1.82) is 0 Å². The second-order valence-electron chi connectivity index (χ2n) is 11.7. The van der Waals surface area contributed by atoms with Crippen LogP contribution in [0.3, 0.4) is 0 Å². The molecule has 12 unspecified atom stereocenters. The van der Waals surface area contributed by atoms with Crippen molar-refractivity contribution in [2.75, 3.05) is 39.8 Å². The van der Waals surface area contributed by atoms with Gasteiger partial charge in [-0.15, -0.1) is 23.4 Å². The molecule has 5 rings (SSSR count). The van der Waals surface area contributed by atoms with E-state index >= 15 is 0 Å². The Kier molecular flexibility index (Phi) is 10.1. The van der Waals surface area contributed by atoms with E-state index in [0.717, 1.165) is 12.8 Å². The number of fused-ring (bicyclic) bond motifs is 1. The number of amides is 2. The zero-order valence-electron chi connectivity index (χ0n) is 23.1. The van der Waals surface area contributed by atoms with Gasteiger partial charge in [0.1, 0.15) is 11.7 Å². The highest BCUT2D eigenvalue weighted by atomic mass is 35.5. The Morgan fingerprint density at radius 2 is 1.85 bits per heavy atom. The molecule has 40 heavy (non-hydrogen) atoms. The molecule has 0 bridgehead atoms. The number of methoxy groups -OCH3 is 1. The third-order valence-electron chi connectivity index (χ3n) is 9.03. The highest BCUT2D eigenvalue weighted by Gasteiger charge is 2.47. The minimum atomic E-state index is -2.88. The van der Waals surface area contributed by atoms with Crippen LogP contribution in [0, 0.1) is 17.8 Å². The molecule has 11 nitrogen and oxygen atoms in total. The van der Waals surface area contributed by atoms with Crippen molar-refractivity contribution in [3.05, 3.63) is 0 Å². The normalized spacial score (nSPS) is 44.0. The minimum Gasteiger partial charge on any atom is -0.380 e. The number of carbonyl (C=O) groups excluding carboxylic acids is 2. The largest absolute Gasteiger partial charge is 0.380 e. The molecule has 0 aromatic carbocycles. The van der Waals surface area contributed by atoms with E-state index in [9.17, 15) is 18.4 Å². The minimum absolute atomic E-state index is 0.0158. The number of ether oxygens (including phenoxy) is 2. The molecule has 0 aliphatic carbocycles. The third-order valence-corrected chi connectivity index (χ3v) is 10.7. The van der Waals surface area contributed by atoms with Gasteiger partial charge in [-0.2, -0.15) is 8.78 Å². The first-order chi connectivity index (χ1) is 19.1. The molecule has 12 atom stereocenters. The van der Waals surface area contributed by atoms with Crippen molar-refractivity contribution in [2.24, 2.45) is 17.8 Å². The molecule has 6 N–H and O–H groups in total. The maximum Gasteiger partial charge on any atom is 0.346 e. The molecular weight excluding hydrogens is 568 g/mol. The van der Waals surface area contributed by atoms with E-state index < -0.39 is 24.9 Å². The van der Waals surface area contributed by atoms with Gasteiger partial charge in [0.2, 0.25) is 11.8 Å². The Hall–Kier alpha value is -0.840. The molecule has 2 amide bonds. The smallest absolute Gasteiger partial charge is 0.346 e. The van der Waals surface area contributed by atoms with Crippen LogP contribution in [0.4, 0.5) is 8.78 Å². The number of rotatable bonds is 7. The SMILES string of the molecule is COC1CNC(Cl)CC1C1CC(C)NCC1C(=O)NC1NC2CN(C(=O)C3CNC(OC(F)F)C(C)N3)CC2S1. The number of thioether (sulfide) groups is 1. The van der Waals surface area contributed by atoms with Gasteiger partial charge in [-0.25, -0.2) is 0 Å². The van der Waals surface area contributed by atoms with Gasteiger partial charge in [0.05, 0.1) is 23.6 Å². The van der Waals surface area contributed by atoms with E-state index in [4.69, 9.17) is 16.3 Å². The summed E-state index contributed by atoms with van der Waals surface area (Å²) in [5.41, 5.74) is -0.355. The predicted molar refractivity (Wildman–Crippen MR) is 148 cm³/mol. The number of hydrogen-bond acceptors (Lipinski definition) is 10. The fourth-order valence-electron chi connectivity index (χ4n) is 6.98. The zero-order chi connectivity index (χ0) is 28.6. The van der Waals surface area contributed by atoms with E-state index in [1.54, 1.807) is 30.7 Å². The van der Waals surface area contributed by atoms with Crippen LogP contribution in [0.5, 0.6) is 0 Å². The van der Waals surface area contributed by atoms with Crippen LogP contribution in [0.25, 0.3) is 0 Å². The first kappa shape index (κ1) is 30.6. The highest BCUT2D eigenvalue weighted by Crippen LogP contribution is 2.38. The summed E-state index contributed by atoms with van der Waals surface area (Å²) < 4.78 is 35.5. The lowest BCUT2D eigenvalue weighted by molar-refractivity contribution is -0.183. The Balaban J connectivity index is 1.12. The van der Waals surface area contributed by atoms with E-state index in [-0.39, 0.29) is 64.5 Å². The number of halogens is 3. The third kappa shape index (κ3) is 6.86. The molecule has 5 fully saturated rings. The molecule has 5 heterocycles. The number of nitrogens with zero attached hydrogens (tertiary/aromatic N) is 1. The lowest BCUT2D eigenvalue weighted by atomic mass is 9.70. The number of alkyl halides is 3. The number of nitrogens with one attached hydrogen (secondary N) is 6. The Morgan fingerprint density at radius 1 is 1.05 bits per heavy atom. The number of likely N-dealkylation sites (tertiary alicyclic amines) is 1. The molecular formula is C25H42ClF2N7O4S. The van der Waals surface area contributed by atoms with E-state index in [1.165, 1.54) is 0 Å². The monoisotopic (exact) mass is 609 g/mol. The molecule has 0 aromatic rings. The van der Waals surface area contributed by atoms with Gasteiger partial charge < -0.3 is 25.0 Å². The van der Waals surface area contributed by atoms with Crippen molar-refractivity contribution < 1.29 is 27.8 Å². The van der Waals surface area contributed by atoms with Gasteiger partial charge >= 0.3 is 6.61 Å². The van der Waals surface area contributed by atoms with Crippen LogP contribution in [0.15, 0.2) is 0 Å². The van der Waals surface area contributed by atoms with E-state index in [2.05, 4.69) is 43.6 Å². The fraction of sp³-hybridized carbons (Fsp3) is 0.920. The topological polar surface area (TPSA) is 128 Å². The van der Waals surface area contributed by atoms with Crippen LogP contribution in [-0.2, 0) is 19.1 Å². The summed E-state index contributed by atoms with van der Waals surface area (Å²) in [6, 6.07) is -0.575. The number of piperazine rings is 1. The van der Waals surface area contributed by atoms with Crippen molar-refractivity contribution in [3.63, 3.8) is 0 Å². The first-order valence-electron chi connectivity index (χ1n) is 14.2. The van der Waals surface area contributed by atoms with Gasteiger partial charge in [0.15, 0.2) is 0 Å². The summed E-state index contributed by atoms with van der Waals surface area (Å²) in [5.74, 6) is 0.123. The summed E-state index contributed by atoms with van der Waals surface area (Å²) in [5, 5.41) is 19.6. The van der Waals surface area contributed by atoms with Crippen molar-refractivity contribution >= 4 is 35.2 Å². The highest BCUT2D eigenvalue weighted by molar-refractivity contribution is 8.00. The molecule has 0 radical (unpaired) electrons. The maximum absolute atomic E-state index is 13.6. The Labute approximate surface area is 243 Å². The molecule has 0 aromatic heterocycles. The number of carbonyl (C=O) groups is 2. The summed E-state index contributed by atoms with van der Waals surface area (Å²) in [7, 11) is 1.72. The average molecular weight is 610 g/mol. The molecule has 15 heteroatoms. The Morgan fingerprint density at radius 3 is 2.55 bits per heavy atom. The van der Waals surface area contributed by atoms with Crippen LogP contribution >= 0.6 is 23.4 Å². The van der Waals surface area contributed by atoms with E-state index in [0.29, 0.717) is 32.2 Å². The van der Waals surface area contributed by atoms with Gasteiger partial charge in [-0.05, 0) is 38.5 Å². The van der Waals surface area contributed by atoms with E-state index in [1.807, 2.05) is 0 Å². The summed E-state index contributed by atoms with van der Waals surface area (Å²) in [6.07, 6.45) is 0.812. The molecule has 228 valence electrons. The molecule has 0 saturated carbocycles. The van der Waals surface area contributed by atoms with Crippen molar-refractivity contribution in [3.8, 4) is 0 Å². The molecule has 5 aliphatic rings. The molecule has 5 saturated heterocycles. The Bertz CT molecular complexity index is 901. The summed E-state index contributed by atoms with van der Waals surface area (Å²) in [6.45, 7) is 3.58.